The summed E-state index contributed by atoms with van der Waals surface area (Å²) in [6.07, 6.45) is 2.30. The Morgan fingerprint density at radius 2 is 2.45 bits per heavy atom. The van der Waals surface area contributed by atoms with Crippen molar-refractivity contribution in [2.75, 3.05) is 13.7 Å². The van der Waals surface area contributed by atoms with Crippen molar-refractivity contribution in [3.63, 3.8) is 0 Å². The van der Waals surface area contributed by atoms with Gasteiger partial charge in [0.15, 0.2) is 0 Å². The second-order valence-corrected chi connectivity index (χ2v) is 2.37. The smallest absolute Gasteiger partial charge is 0.229 e. The fourth-order valence-corrected chi connectivity index (χ4v) is 0.913. The Bertz CT molecular complexity index is 232. The first-order valence-corrected chi connectivity index (χ1v) is 3.44. The van der Waals surface area contributed by atoms with Crippen LogP contribution in [0.2, 0.25) is 0 Å². The van der Waals surface area contributed by atoms with Crippen molar-refractivity contribution >= 4 is 0 Å². The van der Waals surface area contributed by atoms with Gasteiger partial charge in [0.1, 0.15) is 5.82 Å². The molecule has 0 spiro atoms. The molecule has 0 unspecified atom stereocenters. The van der Waals surface area contributed by atoms with Gasteiger partial charge in [0.2, 0.25) is 5.88 Å². The SMILES string of the molecule is COCCc1nc(O)cn1C. The second-order valence-electron chi connectivity index (χ2n) is 2.37. The molecule has 0 saturated heterocycles. The summed E-state index contributed by atoms with van der Waals surface area (Å²) in [6, 6.07) is 0. The normalized spacial score (nSPS) is 10.4. The minimum absolute atomic E-state index is 0.0682. The highest BCUT2D eigenvalue weighted by Gasteiger charge is 2.01. The number of aromatic nitrogens is 2. The van der Waals surface area contributed by atoms with Crippen LogP contribution in [0.5, 0.6) is 5.88 Å². The third-order valence-electron chi connectivity index (χ3n) is 1.49. The van der Waals surface area contributed by atoms with Gasteiger partial charge in [-0.2, -0.15) is 4.98 Å². The number of nitrogens with zero attached hydrogens (tertiary/aromatic N) is 2. The van der Waals surface area contributed by atoms with Gasteiger partial charge in [0.05, 0.1) is 12.8 Å². The zero-order valence-corrected chi connectivity index (χ0v) is 6.74. The number of hydrogen-bond donors (Lipinski definition) is 1. The van der Waals surface area contributed by atoms with Crippen LogP contribution < -0.4 is 0 Å². The summed E-state index contributed by atoms with van der Waals surface area (Å²) in [4.78, 5) is 3.89. The number of rotatable bonds is 3. The molecular weight excluding hydrogens is 144 g/mol. The van der Waals surface area contributed by atoms with Gasteiger partial charge >= 0.3 is 0 Å². The summed E-state index contributed by atoms with van der Waals surface area (Å²) in [7, 11) is 3.49. The number of aryl methyl sites for hydroxylation is 1. The molecule has 1 aromatic rings. The Labute approximate surface area is 65.4 Å². The third-order valence-corrected chi connectivity index (χ3v) is 1.49. The number of ether oxygens (including phenoxy) is 1. The summed E-state index contributed by atoms with van der Waals surface area (Å²) in [5.41, 5.74) is 0. The first-order chi connectivity index (χ1) is 5.24. The van der Waals surface area contributed by atoms with E-state index in [0.29, 0.717) is 6.61 Å². The molecule has 0 atom stereocenters. The van der Waals surface area contributed by atoms with Gasteiger partial charge < -0.3 is 14.4 Å². The summed E-state index contributed by atoms with van der Waals surface area (Å²) >= 11 is 0. The summed E-state index contributed by atoms with van der Waals surface area (Å²) in [5.74, 6) is 0.906. The van der Waals surface area contributed by atoms with Gasteiger partial charge in [-0.15, -0.1) is 0 Å². The molecule has 0 aliphatic heterocycles. The van der Waals surface area contributed by atoms with Gasteiger partial charge in [-0.25, -0.2) is 0 Å². The largest absolute Gasteiger partial charge is 0.492 e. The van der Waals surface area contributed by atoms with Gasteiger partial charge in [-0.3, -0.25) is 0 Å². The second kappa shape index (κ2) is 3.39. The van der Waals surface area contributed by atoms with Crippen molar-refractivity contribution in [3.8, 4) is 5.88 Å². The van der Waals surface area contributed by atoms with E-state index in [9.17, 15) is 0 Å². The molecule has 0 aliphatic carbocycles. The molecule has 0 aliphatic rings. The maximum absolute atomic E-state index is 8.96. The monoisotopic (exact) mass is 156 g/mol. The van der Waals surface area contributed by atoms with E-state index in [1.165, 1.54) is 0 Å². The number of aromatic hydroxyl groups is 1. The minimum atomic E-state index is 0.0682. The molecule has 0 fully saturated rings. The van der Waals surface area contributed by atoms with E-state index in [-0.39, 0.29) is 5.88 Å². The lowest BCUT2D eigenvalue weighted by Gasteiger charge is -1.98. The van der Waals surface area contributed by atoms with E-state index in [0.717, 1.165) is 12.2 Å². The van der Waals surface area contributed by atoms with Crippen LogP contribution in [-0.2, 0) is 18.2 Å². The van der Waals surface area contributed by atoms with Crippen molar-refractivity contribution in [1.29, 1.82) is 0 Å². The highest BCUT2D eigenvalue weighted by Crippen LogP contribution is 2.06. The zero-order chi connectivity index (χ0) is 8.27. The Balaban J connectivity index is 2.62. The fraction of sp³-hybridized carbons (Fsp3) is 0.571. The fourth-order valence-electron chi connectivity index (χ4n) is 0.913. The van der Waals surface area contributed by atoms with Crippen molar-refractivity contribution < 1.29 is 9.84 Å². The van der Waals surface area contributed by atoms with E-state index in [1.54, 1.807) is 17.9 Å². The Hall–Kier alpha value is -1.03. The predicted molar refractivity (Wildman–Crippen MR) is 40.5 cm³/mol. The molecule has 0 radical (unpaired) electrons. The molecule has 4 nitrogen and oxygen atoms in total. The molecule has 1 heterocycles. The van der Waals surface area contributed by atoms with Crippen molar-refractivity contribution in [2.24, 2.45) is 7.05 Å². The van der Waals surface area contributed by atoms with Crippen LogP contribution >= 0.6 is 0 Å². The molecule has 4 heteroatoms. The van der Waals surface area contributed by atoms with E-state index >= 15 is 0 Å². The van der Waals surface area contributed by atoms with Crippen LogP contribution in [0.15, 0.2) is 6.20 Å². The number of imidazole rings is 1. The number of methoxy groups -OCH3 is 1. The summed E-state index contributed by atoms with van der Waals surface area (Å²) < 4.78 is 6.66. The quantitative estimate of drug-likeness (QED) is 0.685. The first-order valence-electron chi connectivity index (χ1n) is 3.44. The van der Waals surface area contributed by atoms with Crippen LogP contribution in [0.1, 0.15) is 5.82 Å². The Morgan fingerprint density at radius 1 is 1.73 bits per heavy atom. The van der Waals surface area contributed by atoms with Crippen LogP contribution in [0.3, 0.4) is 0 Å². The Kier molecular flexibility index (Phi) is 2.48. The lowest BCUT2D eigenvalue weighted by molar-refractivity contribution is 0.200. The average molecular weight is 156 g/mol. The molecule has 1 rings (SSSR count). The standard InChI is InChI=1S/C7H12N2O2/c1-9-5-7(10)8-6(9)3-4-11-2/h5,10H,3-4H2,1-2H3. The predicted octanol–water partition coefficient (Wildman–Crippen LogP) is 0.315. The van der Waals surface area contributed by atoms with Gasteiger partial charge in [0.25, 0.3) is 0 Å². The molecule has 0 bridgehead atoms. The van der Waals surface area contributed by atoms with Crippen molar-refractivity contribution in [2.45, 2.75) is 6.42 Å². The summed E-state index contributed by atoms with van der Waals surface area (Å²) in [5, 5.41) is 8.96. The maximum Gasteiger partial charge on any atom is 0.229 e. The van der Waals surface area contributed by atoms with E-state index in [4.69, 9.17) is 9.84 Å². The molecule has 62 valence electrons. The topological polar surface area (TPSA) is 47.3 Å². The van der Waals surface area contributed by atoms with Crippen LogP contribution in [0, 0.1) is 0 Å². The highest BCUT2D eigenvalue weighted by atomic mass is 16.5. The first kappa shape index (κ1) is 8.07. The average Bonchev–Trinajstić information content (AvgIpc) is 2.26. The van der Waals surface area contributed by atoms with Crippen molar-refractivity contribution in [3.05, 3.63) is 12.0 Å². The lowest BCUT2D eigenvalue weighted by atomic mass is 10.4. The number of hydrogen-bond acceptors (Lipinski definition) is 3. The van der Waals surface area contributed by atoms with Gasteiger partial charge in [0, 0.05) is 20.6 Å². The summed E-state index contributed by atoms with van der Waals surface area (Å²) in [6.45, 7) is 0.629. The van der Waals surface area contributed by atoms with Crippen LogP contribution in [0.25, 0.3) is 0 Å². The molecule has 1 aromatic heterocycles. The third kappa shape index (κ3) is 1.94. The minimum Gasteiger partial charge on any atom is -0.492 e. The van der Waals surface area contributed by atoms with Crippen LogP contribution in [-0.4, -0.2) is 28.4 Å². The molecule has 1 N–H and O–H groups in total. The molecular formula is C7H12N2O2. The molecule has 0 amide bonds. The van der Waals surface area contributed by atoms with E-state index in [2.05, 4.69) is 4.98 Å². The highest BCUT2D eigenvalue weighted by molar-refractivity contribution is 5.07. The maximum atomic E-state index is 8.96. The van der Waals surface area contributed by atoms with E-state index in [1.807, 2.05) is 7.05 Å². The zero-order valence-electron chi connectivity index (χ0n) is 6.74. The van der Waals surface area contributed by atoms with Crippen LogP contribution in [0.4, 0.5) is 0 Å². The Morgan fingerprint density at radius 3 is 2.91 bits per heavy atom. The lowest BCUT2D eigenvalue weighted by Crippen LogP contribution is -2.01. The van der Waals surface area contributed by atoms with Gasteiger partial charge in [-0.1, -0.05) is 0 Å². The van der Waals surface area contributed by atoms with E-state index < -0.39 is 0 Å². The molecule has 0 saturated carbocycles. The molecule has 0 aromatic carbocycles. The van der Waals surface area contributed by atoms with Gasteiger partial charge in [-0.05, 0) is 0 Å². The van der Waals surface area contributed by atoms with Crippen molar-refractivity contribution in [1.82, 2.24) is 9.55 Å². The molecule has 11 heavy (non-hydrogen) atoms.